The number of phenolic OH excluding ortho intramolecular Hbond substituents is 1. The van der Waals surface area contributed by atoms with Crippen molar-refractivity contribution in [2.75, 3.05) is 17.7 Å². The molecule has 0 saturated heterocycles. The van der Waals surface area contributed by atoms with Gasteiger partial charge in [0.1, 0.15) is 17.4 Å². The average Bonchev–Trinajstić information content (AvgIpc) is 2.42. The minimum atomic E-state index is -0.500. The topological polar surface area (TPSA) is 85.2 Å². The maximum Gasteiger partial charge on any atom is 0.267 e. The van der Waals surface area contributed by atoms with Crippen LogP contribution in [-0.2, 0) is 4.79 Å². The Bertz CT molecular complexity index is 550. The summed E-state index contributed by atoms with van der Waals surface area (Å²) in [4.78, 5) is 11.9. The lowest BCUT2D eigenvalue weighted by Gasteiger charge is -2.08. The molecule has 0 heterocycles. The number of alkyl halides is 1. The van der Waals surface area contributed by atoms with Crippen LogP contribution in [0.25, 0.3) is 0 Å². The number of hydrogen-bond donors (Lipinski definition) is 3. The fraction of sp³-hybridized carbons (Fsp3) is 0.286. The molecule has 0 unspecified atom stereocenters. The molecule has 0 fully saturated rings. The number of anilines is 1. The van der Waals surface area contributed by atoms with E-state index in [0.717, 1.165) is 6.42 Å². The number of amides is 1. The van der Waals surface area contributed by atoms with Gasteiger partial charge in [0.25, 0.3) is 5.91 Å². The first-order valence-corrected chi connectivity index (χ1v) is 6.62. The normalized spacial score (nSPS) is 10.8. The lowest BCUT2D eigenvalue weighted by Crippen LogP contribution is -2.17. The maximum atomic E-state index is 11.9. The van der Waals surface area contributed by atoms with Gasteiger partial charge in [-0.05, 0) is 37.1 Å². The van der Waals surface area contributed by atoms with Gasteiger partial charge in [-0.15, -0.1) is 11.6 Å². The van der Waals surface area contributed by atoms with Crippen LogP contribution in [-0.4, -0.2) is 23.4 Å². The highest BCUT2D eigenvalue weighted by Gasteiger charge is 2.10. The minimum absolute atomic E-state index is 0.0213. The third-order valence-electron chi connectivity index (χ3n) is 2.52. The van der Waals surface area contributed by atoms with E-state index in [1.165, 1.54) is 18.3 Å². The van der Waals surface area contributed by atoms with Crippen molar-refractivity contribution in [3.63, 3.8) is 0 Å². The second kappa shape index (κ2) is 8.08. The molecule has 20 heavy (non-hydrogen) atoms. The zero-order valence-corrected chi connectivity index (χ0v) is 11.9. The molecule has 0 aromatic heterocycles. The summed E-state index contributed by atoms with van der Waals surface area (Å²) in [5.74, 6) is 0.140. The summed E-state index contributed by atoms with van der Waals surface area (Å²) < 4.78 is 0. The molecule has 5 nitrogen and oxygen atoms in total. The maximum absolute atomic E-state index is 11.9. The monoisotopic (exact) mass is 293 g/mol. The van der Waals surface area contributed by atoms with Crippen molar-refractivity contribution in [2.45, 2.75) is 13.3 Å². The average molecular weight is 294 g/mol. The van der Waals surface area contributed by atoms with Gasteiger partial charge in [0.15, 0.2) is 0 Å². The third kappa shape index (κ3) is 4.82. The van der Waals surface area contributed by atoms with Gasteiger partial charge in [0.2, 0.25) is 0 Å². The fourth-order valence-electron chi connectivity index (χ4n) is 1.47. The number of nitrogens with one attached hydrogen (secondary N) is 2. The van der Waals surface area contributed by atoms with Crippen molar-refractivity contribution in [1.82, 2.24) is 5.32 Å². The number of halogens is 1. The fourth-order valence-corrected chi connectivity index (χ4v) is 1.60. The quantitative estimate of drug-likeness (QED) is 0.247. The summed E-state index contributed by atoms with van der Waals surface area (Å²) in [5, 5.41) is 23.7. The standard InChI is InChI=1S/C14H16ClN3O2/c1-10-7-12(19)3-4-13(10)18-14(20)11(8-16)9-17-6-2-5-15/h3-4,7,9,17,19H,2,5-6H2,1H3,(H,18,20)/b11-9-. The molecule has 1 aromatic rings. The van der Waals surface area contributed by atoms with E-state index in [1.807, 2.05) is 6.07 Å². The number of hydrogen-bond acceptors (Lipinski definition) is 4. The van der Waals surface area contributed by atoms with Gasteiger partial charge < -0.3 is 15.7 Å². The summed E-state index contributed by atoms with van der Waals surface area (Å²) in [6.45, 7) is 2.35. The molecular formula is C14H16ClN3O2. The lowest BCUT2D eigenvalue weighted by atomic mass is 10.2. The number of aromatic hydroxyl groups is 1. The molecule has 0 bridgehead atoms. The Morgan fingerprint density at radius 2 is 2.30 bits per heavy atom. The molecule has 1 rings (SSSR count). The van der Waals surface area contributed by atoms with E-state index in [9.17, 15) is 9.90 Å². The molecule has 0 saturated carbocycles. The molecule has 0 radical (unpaired) electrons. The van der Waals surface area contributed by atoms with Crippen molar-refractivity contribution in [1.29, 1.82) is 5.26 Å². The Kier molecular flexibility index (Phi) is 6.41. The molecule has 0 aliphatic rings. The van der Waals surface area contributed by atoms with E-state index < -0.39 is 5.91 Å². The molecule has 0 aliphatic heterocycles. The Labute approximate surface area is 122 Å². The van der Waals surface area contributed by atoms with Crippen molar-refractivity contribution in [3.05, 3.63) is 35.5 Å². The predicted molar refractivity (Wildman–Crippen MR) is 78.5 cm³/mol. The van der Waals surface area contributed by atoms with Crippen LogP contribution >= 0.6 is 11.6 Å². The first-order chi connectivity index (χ1) is 9.58. The zero-order valence-electron chi connectivity index (χ0n) is 11.1. The van der Waals surface area contributed by atoms with Gasteiger partial charge in [-0.2, -0.15) is 5.26 Å². The number of phenols is 1. The summed E-state index contributed by atoms with van der Waals surface area (Å²) >= 11 is 5.53. The summed E-state index contributed by atoms with van der Waals surface area (Å²) in [6.07, 6.45) is 2.12. The summed E-state index contributed by atoms with van der Waals surface area (Å²) in [6, 6.07) is 6.42. The van der Waals surface area contributed by atoms with Crippen LogP contribution in [0.1, 0.15) is 12.0 Å². The molecular weight excluding hydrogens is 278 g/mol. The number of carbonyl (C=O) groups excluding carboxylic acids is 1. The smallest absolute Gasteiger partial charge is 0.267 e. The highest BCUT2D eigenvalue weighted by atomic mass is 35.5. The first kappa shape index (κ1) is 15.9. The van der Waals surface area contributed by atoms with Gasteiger partial charge in [-0.25, -0.2) is 0 Å². The van der Waals surface area contributed by atoms with Crippen LogP contribution in [0.4, 0.5) is 5.69 Å². The third-order valence-corrected chi connectivity index (χ3v) is 2.79. The lowest BCUT2D eigenvalue weighted by molar-refractivity contribution is -0.112. The highest BCUT2D eigenvalue weighted by Crippen LogP contribution is 2.20. The number of aryl methyl sites for hydroxylation is 1. The van der Waals surface area contributed by atoms with Crippen molar-refractivity contribution >= 4 is 23.2 Å². The van der Waals surface area contributed by atoms with Crippen LogP contribution in [0, 0.1) is 18.3 Å². The summed E-state index contributed by atoms with van der Waals surface area (Å²) in [7, 11) is 0. The number of nitrogens with zero attached hydrogens (tertiary/aromatic N) is 1. The Hall–Kier alpha value is -2.19. The van der Waals surface area contributed by atoms with E-state index >= 15 is 0 Å². The number of nitriles is 1. The van der Waals surface area contributed by atoms with Crippen LogP contribution < -0.4 is 10.6 Å². The Morgan fingerprint density at radius 3 is 2.90 bits per heavy atom. The highest BCUT2D eigenvalue weighted by molar-refractivity contribution is 6.17. The van der Waals surface area contributed by atoms with Crippen LogP contribution in [0.3, 0.4) is 0 Å². The predicted octanol–water partition coefficient (Wildman–Crippen LogP) is 2.27. The van der Waals surface area contributed by atoms with Crippen molar-refractivity contribution in [2.24, 2.45) is 0 Å². The number of rotatable bonds is 6. The van der Waals surface area contributed by atoms with E-state index in [-0.39, 0.29) is 11.3 Å². The van der Waals surface area contributed by atoms with Crippen molar-refractivity contribution < 1.29 is 9.90 Å². The molecule has 0 aliphatic carbocycles. The molecule has 106 valence electrons. The second-order valence-electron chi connectivity index (χ2n) is 4.12. The molecule has 6 heteroatoms. The molecule has 3 N–H and O–H groups in total. The zero-order chi connectivity index (χ0) is 15.0. The molecule has 1 amide bonds. The Morgan fingerprint density at radius 1 is 1.55 bits per heavy atom. The number of benzene rings is 1. The van der Waals surface area contributed by atoms with Crippen LogP contribution in [0.5, 0.6) is 5.75 Å². The van der Waals surface area contributed by atoms with E-state index in [4.69, 9.17) is 16.9 Å². The van der Waals surface area contributed by atoms with Crippen molar-refractivity contribution in [3.8, 4) is 11.8 Å². The van der Waals surface area contributed by atoms with E-state index in [0.29, 0.717) is 23.7 Å². The molecule has 1 aromatic carbocycles. The van der Waals surface area contributed by atoms with Crippen LogP contribution in [0.15, 0.2) is 30.0 Å². The largest absolute Gasteiger partial charge is 0.508 e. The van der Waals surface area contributed by atoms with E-state index in [1.54, 1.807) is 13.0 Å². The van der Waals surface area contributed by atoms with Crippen LogP contribution in [0.2, 0.25) is 0 Å². The molecule has 0 atom stereocenters. The van der Waals surface area contributed by atoms with Gasteiger partial charge in [0.05, 0.1) is 0 Å². The SMILES string of the molecule is Cc1cc(O)ccc1NC(=O)/C(C#N)=C\NCCCCl. The first-order valence-electron chi connectivity index (χ1n) is 6.09. The second-order valence-corrected chi connectivity index (χ2v) is 4.50. The van der Waals surface area contributed by atoms with Gasteiger partial charge in [-0.3, -0.25) is 4.79 Å². The number of carbonyl (C=O) groups is 1. The van der Waals surface area contributed by atoms with Gasteiger partial charge in [0, 0.05) is 24.3 Å². The van der Waals surface area contributed by atoms with Gasteiger partial charge in [-0.1, -0.05) is 0 Å². The van der Waals surface area contributed by atoms with E-state index in [2.05, 4.69) is 10.6 Å². The minimum Gasteiger partial charge on any atom is -0.508 e. The molecule has 0 spiro atoms. The summed E-state index contributed by atoms with van der Waals surface area (Å²) in [5.41, 5.74) is 1.24. The Balaban J connectivity index is 2.70. The van der Waals surface area contributed by atoms with Gasteiger partial charge >= 0.3 is 0 Å².